The summed E-state index contributed by atoms with van der Waals surface area (Å²) in [6.07, 6.45) is 5.48. The molecular weight excluding hydrogens is 1120 g/mol. The number of benzene rings is 6. The second kappa shape index (κ2) is 20.3. The summed E-state index contributed by atoms with van der Waals surface area (Å²) in [6.45, 7) is 23.6. The fourth-order valence-corrected chi connectivity index (χ4v) is 22.4. The molecule has 4 fully saturated rings. The highest BCUT2D eigenvalue weighted by Crippen LogP contribution is 2.79. The molecule has 4 radical (unpaired) electrons. The van der Waals surface area contributed by atoms with Gasteiger partial charge in [-0.3, -0.25) is 0 Å². The van der Waals surface area contributed by atoms with E-state index in [1.807, 2.05) is 180 Å². The van der Waals surface area contributed by atoms with Crippen LogP contribution in [0.25, 0.3) is 11.1 Å². The molecule has 1 spiro atoms. The highest BCUT2D eigenvalue weighted by molar-refractivity contribution is 7.79. The monoisotopic (exact) mass is 1200 g/mol. The molecule has 6 aromatic rings. The van der Waals surface area contributed by atoms with Crippen molar-refractivity contribution >= 4 is 23.0 Å². The van der Waals surface area contributed by atoms with E-state index in [-0.39, 0.29) is 0 Å². The zero-order valence-corrected chi connectivity index (χ0v) is 52.8. The molecule has 0 saturated carbocycles. The summed E-state index contributed by atoms with van der Waals surface area (Å²) in [7, 11) is -13.0. The molecule has 0 N–H and O–H groups in total. The normalized spacial score (nSPS) is 28.8. The summed E-state index contributed by atoms with van der Waals surface area (Å²) < 4.78 is 60.1. The molecule has 6 aliphatic rings. The average molecular weight is 1200 g/mol. The first-order valence-corrected chi connectivity index (χ1v) is 33.6. The molecular formula is C64H76N7O10P3. The van der Waals surface area contributed by atoms with Crippen molar-refractivity contribution < 1.29 is 48.0 Å². The molecule has 0 aliphatic carbocycles. The van der Waals surface area contributed by atoms with E-state index in [0.29, 0.717) is 60.2 Å². The minimum absolute atomic E-state index is 0.296. The molecule has 20 heteroatoms. The van der Waals surface area contributed by atoms with Crippen LogP contribution in [-0.4, -0.2) is 42.4 Å². The Bertz CT molecular complexity index is 3310. The summed E-state index contributed by atoms with van der Waals surface area (Å²) >= 11 is 0. The van der Waals surface area contributed by atoms with Crippen LogP contribution in [0.4, 0.5) is 0 Å². The van der Waals surface area contributed by atoms with Crippen LogP contribution < -0.4 is 27.1 Å². The highest BCUT2D eigenvalue weighted by atomic mass is 31.3. The minimum atomic E-state index is -4.39. The summed E-state index contributed by atoms with van der Waals surface area (Å²) in [6, 6.07) is 44.5. The molecule has 6 aliphatic heterocycles. The molecule has 0 unspecified atom stereocenters. The van der Waals surface area contributed by atoms with Gasteiger partial charge >= 0.3 is 23.0 Å². The van der Waals surface area contributed by atoms with Gasteiger partial charge in [-0.1, -0.05) is 98.5 Å². The van der Waals surface area contributed by atoms with E-state index in [9.17, 15) is 20.8 Å². The van der Waals surface area contributed by atoms with Gasteiger partial charge in [0.1, 0.15) is 34.5 Å². The number of rotatable bonds is 12. The Balaban J connectivity index is 1.08. The van der Waals surface area contributed by atoms with Crippen molar-refractivity contribution in [2.75, 3.05) is 0 Å². The second-order valence-electron chi connectivity index (χ2n) is 26.9. The van der Waals surface area contributed by atoms with E-state index >= 15 is 0 Å². The number of para-hydroxylation sites is 2. The minimum Gasteiger partial charge on any atom is -0.413 e. The molecule has 12 rings (SSSR count). The van der Waals surface area contributed by atoms with Gasteiger partial charge in [0.25, 0.3) is 0 Å². The topological polar surface area (TPSA) is 185 Å². The van der Waals surface area contributed by atoms with Crippen LogP contribution in [-0.2, 0) is 43.0 Å². The van der Waals surface area contributed by atoms with Gasteiger partial charge in [0.05, 0.1) is 22.2 Å². The first-order chi connectivity index (χ1) is 39.5. The van der Waals surface area contributed by atoms with Gasteiger partial charge in [0.2, 0.25) is 0 Å². The lowest BCUT2D eigenvalue weighted by Crippen LogP contribution is -2.44. The largest absolute Gasteiger partial charge is 0.460 e. The molecule has 0 bridgehead atoms. The quantitative estimate of drug-likeness (QED) is 0.107. The van der Waals surface area contributed by atoms with Gasteiger partial charge in [0.15, 0.2) is 0 Å². The number of hydrogen-bond donors (Lipinski definition) is 0. The zero-order valence-electron chi connectivity index (χ0n) is 50.1. The molecule has 0 aromatic heterocycles. The predicted molar refractivity (Wildman–Crippen MR) is 322 cm³/mol. The van der Waals surface area contributed by atoms with Crippen LogP contribution in [0.5, 0.6) is 34.5 Å². The van der Waals surface area contributed by atoms with Gasteiger partial charge in [-0.05, 0) is 217 Å². The van der Waals surface area contributed by atoms with Gasteiger partial charge in [-0.2, -0.15) is 0 Å². The van der Waals surface area contributed by atoms with E-state index < -0.39 is 67.3 Å². The molecule has 84 heavy (non-hydrogen) atoms. The fourth-order valence-electron chi connectivity index (χ4n) is 13.3. The Morgan fingerprint density at radius 2 is 0.583 bits per heavy atom. The average Bonchev–Trinajstić information content (AvgIpc) is 1.05. The van der Waals surface area contributed by atoms with Gasteiger partial charge in [-0.25, -0.2) is 0 Å². The summed E-state index contributed by atoms with van der Waals surface area (Å²) in [4.78, 5) is 0. The van der Waals surface area contributed by atoms with Crippen LogP contribution in [0.1, 0.15) is 157 Å². The van der Waals surface area contributed by atoms with Crippen LogP contribution in [0, 0.1) is 0 Å². The van der Waals surface area contributed by atoms with Crippen LogP contribution in [0.3, 0.4) is 0 Å². The van der Waals surface area contributed by atoms with Crippen molar-refractivity contribution in [3.8, 4) is 45.6 Å². The molecule has 4 atom stereocenters. The third-order valence-corrected chi connectivity index (χ3v) is 27.0. The molecule has 4 saturated heterocycles. The zero-order chi connectivity index (χ0) is 59.7. The Morgan fingerprint density at radius 3 is 0.833 bits per heavy atom. The Morgan fingerprint density at radius 1 is 0.333 bits per heavy atom. The second-order valence-corrected chi connectivity index (χ2v) is 33.1. The third kappa shape index (κ3) is 10.0. The number of fused-ring (bicyclic) bond motifs is 3. The van der Waals surface area contributed by atoms with Crippen LogP contribution in [0.15, 0.2) is 159 Å². The fraction of sp³-hybridized carbons (Fsp3) is 0.438. The first-order valence-electron chi connectivity index (χ1n) is 29.1. The van der Waals surface area contributed by atoms with E-state index in [0.717, 1.165) is 59.1 Å². The van der Waals surface area contributed by atoms with Crippen molar-refractivity contribution in [2.45, 2.75) is 179 Å². The lowest BCUT2D eigenvalue weighted by Gasteiger charge is -2.36. The Hall–Kier alpha value is -5.51. The number of hydroxylamine groups is 8. The van der Waals surface area contributed by atoms with Gasteiger partial charge in [0, 0.05) is 33.3 Å². The van der Waals surface area contributed by atoms with Crippen molar-refractivity contribution in [1.82, 2.24) is 20.3 Å². The van der Waals surface area contributed by atoms with Crippen molar-refractivity contribution in [3.05, 3.63) is 168 Å². The highest BCUT2D eigenvalue weighted by Gasteiger charge is 2.55. The van der Waals surface area contributed by atoms with Crippen molar-refractivity contribution in [2.24, 2.45) is 13.5 Å². The predicted octanol–water partition coefficient (Wildman–Crippen LogP) is 18.0. The maximum Gasteiger partial charge on any atom is 0.460 e. The van der Waals surface area contributed by atoms with Crippen LogP contribution >= 0.6 is 23.0 Å². The van der Waals surface area contributed by atoms with Gasteiger partial charge in [-0.15, -0.1) is 41.1 Å². The molecule has 0 amide bonds. The smallest absolute Gasteiger partial charge is 0.413 e. The number of nitrogens with zero attached hydrogens (tertiary/aromatic N) is 7. The molecule has 6 heterocycles. The number of hydrogen-bond acceptors (Lipinski definition) is 13. The first kappa shape index (κ1) is 58.9. The lowest BCUT2D eigenvalue weighted by atomic mass is 9.90. The maximum absolute atomic E-state index is 13.9. The summed E-state index contributed by atoms with van der Waals surface area (Å²) in [5, 5.41) is 60.5. The maximum atomic E-state index is 13.9. The Labute approximate surface area is 494 Å². The van der Waals surface area contributed by atoms with E-state index in [4.69, 9.17) is 40.7 Å². The van der Waals surface area contributed by atoms with E-state index in [1.165, 1.54) is 20.3 Å². The van der Waals surface area contributed by atoms with E-state index in [2.05, 4.69) is 0 Å². The molecule has 17 nitrogen and oxygen atoms in total. The third-order valence-electron chi connectivity index (χ3n) is 18.9. The lowest BCUT2D eigenvalue weighted by molar-refractivity contribution is -0.252. The summed E-state index contributed by atoms with van der Waals surface area (Å²) in [5.41, 5.74) is -0.795. The SMILES string of the molecule is CC1(C)CC[C@@](C)(c2ccc(OP3(Oc4ccc([C@]5(C)CCC(C)(C)N5[O])cc4)=NP(Oc4ccc([C@]5(C)CCC(C)(C)N5[O])cc4)(Oc4ccc([C@]5(C)CCC(C)(C)N5[O])cc4)=NP4(=N3)Oc3ccccc3-c3ccccc3O4)cc2)N1[O]. The van der Waals surface area contributed by atoms with Crippen molar-refractivity contribution in [3.63, 3.8) is 0 Å². The summed E-state index contributed by atoms with van der Waals surface area (Å²) in [5.74, 6) is 2.01. The van der Waals surface area contributed by atoms with Gasteiger partial charge < -0.3 is 27.1 Å². The Kier molecular flexibility index (Phi) is 14.2. The van der Waals surface area contributed by atoms with Crippen molar-refractivity contribution in [1.29, 1.82) is 0 Å². The van der Waals surface area contributed by atoms with E-state index in [1.54, 1.807) is 48.5 Å². The molecule has 6 aromatic carbocycles. The van der Waals surface area contributed by atoms with Crippen LogP contribution in [0.2, 0.25) is 0 Å². The standard InChI is InChI=1S/C64H76N7O10P3/c1-57(2)37-41-61(9,68(57)72)45-21-29-49(30-22-45)76-82(77-50-31-23-46(24-32-50)62(10)42-38-58(3,4)69(62)73)65-83(78-51-33-25-47(26-34-51)63(11)43-39-59(5,6)70(63)74,79-52-35-27-48(28-36-52)64(12)44-40-60(7,8)71(64)75)67-84(66-82)80-55-19-15-13-17-53(55)54-18-14-16-20-56(54)81-84/h13-36H,37-44H2,1-12H3/t61-,62-,63-,64-/m0/s1. The molecule has 442 valence electrons.